The highest BCUT2D eigenvalue weighted by atomic mass is 16.5. The van der Waals surface area contributed by atoms with E-state index in [0.29, 0.717) is 18.0 Å². The lowest BCUT2D eigenvalue weighted by Crippen LogP contribution is -2.41. The normalized spacial score (nSPS) is 13.1. The standard InChI is InChI=1S/C27H30N4O3/c1-30(2)21-14-12-20(13-15-21)24(31-17-16-19-8-4-6-10-23(19)31)18-28-26(32)27(33)29-22-9-5-7-11-25(22)34-3/h4-15,24H,16-18H2,1-3H3,(H,28,32)(H,29,33). The molecular formula is C27H30N4O3. The van der Waals surface area contributed by atoms with Crippen LogP contribution in [0.3, 0.4) is 0 Å². The zero-order chi connectivity index (χ0) is 24.1. The van der Waals surface area contributed by atoms with E-state index in [2.05, 4.69) is 51.9 Å². The summed E-state index contributed by atoms with van der Waals surface area (Å²) < 4.78 is 5.25. The Hall–Kier alpha value is -4.00. The van der Waals surface area contributed by atoms with Crippen molar-refractivity contribution in [1.82, 2.24) is 5.32 Å². The van der Waals surface area contributed by atoms with Gasteiger partial charge in [0.15, 0.2) is 0 Å². The molecule has 1 aliphatic heterocycles. The first-order valence-electron chi connectivity index (χ1n) is 11.3. The molecular weight excluding hydrogens is 428 g/mol. The van der Waals surface area contributed by atoms with E-state index in [1.54, 1.807) is 24.3 Å². The van der Waals surface area contributed by atoms with E-state index in [4.69, 9.17) is 4.74 Å². The van der Waals surface area contributed by atoms with Crippen molar-refractivity contribution in [2.45, 2.75) is 12.5 Å². The van der Waals surface area contributed by atoms with Crippen molar-refractivity contribution in [3.05, 3.63) is 83.9 Å². The highest BCUT2D eigenvalue weighted by molar-refractivity contribution is 6.39. The van der Waals surface area contributed by atoms with Crippen LogP contribution in [0.5, 0.6) is 5.75 Å². The number of para-hydroxylation sites is 3. The van der Waals surface area contributed by atoms with Crippen molar-refractivity contribution >= 4 is 28.9 Å². The van der Waals surface area contributed by atoms with E-state index in [-0.39, 0.29) is 6.04 Å². The Morgan fingerprint density at radius 1 is 0.971 bits per heavy atom. The Labute approximate surface area is 200 Å². The van der Waals surface area contributed by atoms with Crippen molar-refractivity contribution in [3.63, 3.8) is 0 Å². The summed E-state index contributed by atoms with van der Waals surface area (Å²) in [5, 5.41) is 5.47. The smallest absolute Gasteiger partial charge is 0.313 e. The molecule has 0 radical (unpaired) electrons. The summed E-state index contributed by atoms with van der Waals surface area (Å²) in [6.45, 7) is 1.15. The molecule has 0 saturated carbocycles. The molecule has 176 valence electrons. The summed E-state index contributed by atoms with van der Waals surface area (Å²) >= 11 is 0. The van der Waals surface area contributed by atoms with Crippen LogP contribution in [0.1, 0.15) is 17.2 Å². The maximum absolute atomic E-state index is 12.7. The molecule has 2 N–H and O–H groups in total. The number of nitrogens with zero attached hydrogens (tertiary/aromatic N) is 2. The molecule has 0 spiro atoms. The molecule has 0 aromatic heterocycles. The summed E-state index contributed by atoms with van der Waals surface area (Å²) in [5.74, 6) is -0.919. The van der Waals surface area contributed by atoms with E-state index < -0.39 is 11.8 Å². The van der Waals surface area contributed by atoms with Crippen LogP contribution in [-0.2, 0) is 16.0 Å². The van der Waals surface area contributed by atoms with E-state index in [1.165, 1.54) is 12.7 Å². The lowest BCUT2D eigenvalue weighted by atomic mass is 10.0. The molecule has 1 unspecified atom stereocenters. The molecule has 7 nitrogen and oxygen atoms in total. The van der Waals surface area contributed by atoms with Crippen LogP contribution in [-0.4, -0.2) is 46.1 Å². The van der Waals surface area contributed by atoms with Gasteiger partial charge in [0.05, 0.1) is 18.8 Å². The number of amides is 2. The fourth-order valence-corrected chi connectivity index (χ4v) is 4.29. The number of rotatable bonds is 7. The van der Waals surface area contributed by atoms with Crippen molar-refractivity contribution in [2.75, 3.05) is 49.4 Å². The zero-order valence-electron chi connectivity index (χ0n) is 19.7. The van der Waals surface area contributed by atoms with Gasteiger partial charge in [0.2, 0.25) is 0 Å². The lowest BCUT2D eigenvalue weighted by Gasteiger charge is -2.31. The average Bonchev–Trinajstić information content (AvgIpc) is 3.28. The van der Waals surface area contributed by atoms with Crippen LogP contribution in [0, 0.1) is 0 Å². The van der Waals surface area contributed by atoms with E-state index in [9.17, 15) is 9.59 Å². The Balaban J connectivity index is 1.51. The van der Waals surface area contributed by atoms with Crippen LogP contribution in [0.25, 0.3) is 0 Å². The third kappa shape index (κ3) is 4.98. The molecule has 1 aliphatic rings. The molecule has 34 heavy (non-hydrogen) atoms. The molecule has 4 rings (SSSR count). The number of nitrogens with one attached hydrogen (secondary N) is 2. The predicted octanol–water partition coefficient (Wildman–Crippen LogP) is 3.62. The van der Waals surface area contributed by atoms with Gasteiger partial charge in [0.1, 0.15) is 5.75 Å². The molecule has 1 atom stereocenters. The Morgan fingerprint density at radius 3 is 2.41 bits per heavy atom. The van der Waals surface area contributed by atoms with Gasteiger partial charge in [-0.1, -0.05) is 42.5 Å². The number of hydrogen-bond donors (Lipinski definition) is 2. The average molecular weight is 459 g/mol. The third-order valence-corrected chi connectivity index (χ3v) is 6.11. The lowest BCUT2D eigenvalue weighted by molar-refractivity contribution is -0.136. The molecule has 0 bridgehead atoms. The Kier molecular flexibility index (Phi) is 7.01. The molecule has 3 aromatic carbocycles. The summed E-state index contributed by atoms with van der Waals surface area (Å²) in [6, 6.07) is 23.5. The molecule has 2 amide bonds. The minimum absolute atomic E-state index is 0.108. The SMILES string of the molecule is COc1ccccc1NC(=O)C(=O)NCC(c1ccc(N(C)C)cc1)N1CCc2ccccc21. The van der Waals surface area contributed by atoms with Gasteiger partial charge in [0, 0.05) is 38.6 Å². The van der Waals surface area contributed by atoms with Crippen molar-refractivity contribution in [1.29, 1.82) is 0 Å². The summed E-state index contributed by atoms with van der Waals surface area (Å²) in [4.78, 5) is 29.6. The first kappa shape index (κ1) is 23.2. The van der Waals surface area contributed by atoms with Gasteiger partial charge >= 0.3 is 11.8 Å². The van der Waals surface area contributed by atoms with Gasteiger partial charge in [-0.15, -0.1) is 0 Å². The van der Waals surface area contributed by atoms with Crippen molar-refractivity contribution < 1.29 is 14.3 Å². The van der Waals surface area contributed by atoms with Gasteiger partial charge in [-0.25, -0.2) is 0 Å². The van der Waals surface area contributed by atoms with E-state index in [0.717, 1.165) is 29.9 Å². The molecule has 3 aromatic rings. The maximum atomic E-state index is 12.7. The second kappa shape index (κ2) is 10.3. The number of fused-ring (bicyclic) bond motifs is 1. The van der Waals surface area contributed by atoms with Gasteiger partial charge in [-0.05, 0) is 47.9 Å². The largest absolute Gasteiger partial charge is 0.495 e. The van der Waals surface area contributed by atoms with Gasteiger partial charge < -0.3 is 25.2 Å². The first-order valence-corrected chi connectivity index (χ1v) is 11.3. The van der Waals surface area contributed by atoms with Crippen LogP contribution in [0.2, 0.25) is 0 Å². The molecule has 0 fully saturated rings. The van der Waals surface area contributed by atoms with Crippen molar-refractivity contribution in [2.24, 2.45) is 0 Å². The van der Waals surface area contributed by atoms with E-state index >= 15 is 0 Å². The number of methoxy groups -OCH3 is 1. The maximum Gasteiger partial charge on any atom is 0.313 e. The summed E-state index contributed by atoms with van der Waals surface area (Å²) in [7, 11) is 5.53. The number of anilines is 3. The highest BCUT2D eigenvalue weighted by Gasteiger charge is 2.28. The van der Waals surface area contributed by atoms with E-state index in [1.807, 2.05) is 31.1 Å². The monoisotopic (exact) mass is 458 g/mol. The summed E-state index contributed by atoms with van der Waals surface area (Å²) in [5.41, 5.74) is 5.08. The second-order valence-corrected chi connectivity index (χ2v) is 8.44. The minimum atomic E-state index is -0.729. The van der Waals surface area contributed by atoms with Crippen LogP contribution in [0.15, 0.2) is 72.8 Å². The minimum Gasteiger partial charge on any atom is -0.495 e. The predicted molar refractivity (Wildman–Crippen MR) is 136 cm³/mol. The number of carbonyl (C=O) groups excluding carboxylic acids is 2. The van der Waals surface area contributed by atoms with Crippen LogP contribution in [0.4, 0.5) is 17.1 Å². The number of carbonyl (C=O) groups is 2. The highest BCUT2D eigenvalue weighted by Crippen LogP contribution is 2.35. The Morgan fingerprint density at radius 2 is 1.68 bits per heavy atom. The fourth-order valence-electron chi connectivity index (χ4n) is 4.29. The topological polar surface area (TPSA) is 73.9 Å². The molecule has 7 heteroatoms. The molecule has 0 saturated heterocycles. The number of hydrogen-bond acceptors (Lipinski definition) is 5. The molecule has 0 aliphatic carbocycles. The zero-order valence-corrected chi connectivity index (χ0v) is 19.7. The third-order valence-electron chi connectivity index (χ3n) is 6.11. The quantitative estimate of drug-likeness (QED) is 0.529. The number of ether oxygens (including phenoxy) is 1. The Bertz CT molecular complexity index is 1160. The fraction of sp³-hybridized carbons (Fsp3) is 0.259. The second-order valence-electron chi connectivity index (χ2n) is 8.44. The molecule has 1 heterocycles. The van der Waals surface area contributed by atoms with Gasteiger partial charge in [-0.2, -0.15) is 0 Å². The van der Waals surface area contributed by atoms with Crippen LogP contribution >= 0.6 is 0 Å². The van der Waals surface area contributed by atoms with Gasteiger partial charge in [0.25, 0.3) is 0 Å². The van der Waals surface area contributed by atoms with Crippen molar-refractivity contribution in [3.8, 4) is 5.75 Å². The van der Waals surface area contributed by atoms with Gasteiger partial charge in [-0.3, -0.25) is 9.59 Å². The first-order chi connectivity index (χ1) is 16.5. The number of benzene rings is 3. The van der Waals surface area contributed by atoms with Crippen LogP contribution < -0.4 is 25.2 Å². The summed E-state index contributed by atoms with van der Waals surface area (Å²) in [6.07, 6.45) is 0.949.